The lowest BCUT2D eigenvalue weighted by Gasteiger charge is -2.48. The Morgan fingerprint density at radius 1 is 1.26 bits per heavy atom. The third-order valence-electron chi connectivity index (χ3n) is 3.95. The third kappa shape index (κ3) is 2.60. The zero-order chi connectivity index (χ0) is 16.6. The van der Waals surface area contributed by atoms with Crippen molar-refractivity contribution in [3.05, 3.63) is 69.5 Å². The highest BCUT2D eigenvalue weighted by atomic mass is 19.1. The molecule has 3 rings (SSSR count). The van der Waals surface area contributed by atoms with Gasteiger partial charge in [-0.1, -0.05) is 12.1 Å². The topological polar surface area (TPSA) is 90.4 Å². The van der Waals surface area contributed by atoms with Gasteiger partial charge in [0.05, 0.1) is 18.0 Å². The Balaban J connectivity index is 1.80. The van der Waals surface area contributed by atoms with E-state index in [0.717, 1.165) is 0 Å². The largest absolute Gasteiger partial charge is 0.381 e. The van der Waals surface area contributed by atoms with Gasteiger partial charge in [-0.3, -0.25) is 10.1 Å². The quantitative estimate of drug-likeness (QED) is 0.693. The Hall–Kier alpha value is -2.98. The number of nitrogens with zero attached hydrogens (tertiary/aromatic N) is 3. The number of β-amino-alcohol motifs (C(OH)–C–C–N with tert-alkyl or cyclic N) is 1. The summed E-state index contributed by atoms with van der Waals surface area (Å²) in [7, 11) is 0. The molecule has 1 aliphatic rings. The zero-order valence-corrected chi connectivity index (χ0v) is 11.9. The maximum absolute atomic E-state index is 12.9. The third-order valence-corrected chi connectivity index (χ3v) is 3.95. The molecule has 1 saturated heterocycles. The number of rotatable bonds is 3. The molecular weight excluding hydrogens is 301 g/mol. The summed E-state index contributed by atoms with van der Waals surface area (Å²) in [5, 5.41) is 30.4. The van der Waals surface area contributed by atoms with Crippen molar-refractivity contribution in [3.63, 3.8) is 0 Å². The maximum Gasteiger partial charge on any atom is 0.287 e. The van der Waals surface area contributed by atoms with Crippen LogP contribution in [0.25, 0.3) is 0 Å². The monoisotopic (exact) mass is 313 g/mol. The predicted molar refractivity (Wildman–Crippen MR) is 80.3 cm³/mol. The number of nitro benzene ring substituents is 1. The lowest BCUT2D eigenvalue weighted by Crippen LogP contribution is -2.59. The molecule has 116 valence electrons. The molecular formula is C16H12FN3O3. The van der Waals surface area contributed by atoms with Crippen molar-refractivity contribution < 1.29 is 14.4 Å². The first-order chi connectivity index (χ1) is 10.9. The van der Waals surface area contributed by atoms with Crippen molar-refractivity contribution in [1.82, 2.24) is 0 Å². The van der Waals surface area contributed by atoms with Crippen molar-refractivity contribution in [2.75, 3.05) is 18.0 Å². The first kappa shape index (κ1) is 14.9. The van der Waals surface area contributed by atoms with Crippen molar-refractivity contribution in [2.45, 2.75) is 5.60 Å². The molecule has 2 aromatic carbocycles. The van der Waals surface area contributed by atoms with Crippen molar-refractivity contribution in [1.29, 1.82) is 5.26 Å². The van der Waals surface area contributed by atoms with Gasteiger partial charge in [-0.05, 0) is 29.8 Å². The molecule has 0 spiro atoms. The Labute approximate surface area is 131 Å². The molecule has 1 N–H and O–H groups in total. The molecule has 0 bridgehead atoms. The van der Waals surface area contributed by atoms with Crippen LogP contribution in [0.4, 0.5) is 15.8 Å². The number of benzene rings is 2. The first-order valence-electron chi connectivity index (χ1n) is 6.85. The average Bonchev–Trinajstić information content (AvgIpc) is 2.51. The molecule has 23 heavy (non-hydrogen) atoms. The van der Waals surface area contributed by atoms with E-state index in [-0.39, 0.29) is 30.2 Å². The van der Waals surface area contributed by atoms with Gasteiger partial charge in [0, 0.05) is 11.8 Å². The highest BCUT2D eigenvalue weighted by molar-refractivity contribution is 5.61. The van der Waals surface area contributed by atoms with Crippen LogP contribution < -0.4 is 4.90 Å². The van der Waals surface area contributed by atoms with Crippen LogP contribution in [0.15, 0.2) is 42.5 Å². The summed E-state index contributed by atoms with van der Waals surface area (Å²) in [4.78, 5) is 12.0. The molecule has 0 amide bonds. The van der Waals surface area contributed by atoms with Crippen molar-refractivity contribution in [2.24, 2.45) is 0 Å². The van der Waals surface area contributed by atoms with Gasteiger partial charge in [-0.15, -0.1) is 0 Å². The summed E-state index contributed by atoms with van der Waals surface area (Å²) < 4.78 is 12.9. The van der Waals surface area contributed by atoms with Crippen molar-refractivity contribution >= 4 is 11.4 Å². The highest BCUT2D eigenvalue weighted by Crippen LogP contribution is 2.36. The molecule has 0 aliphatic carbocycles. The van der Waals surface area contributed by atoms with E-state index in [0.29, 0.717) is 11.3 Å². The fraction of sp³-hybridized carbons (Fsp3) is 0.188. The summed E-state index contributed by atoms with van der Waals surface area (Å²) >= 11 is 0. The number of nitriles is 1. The normalized spacial score (nSPS) is 15.6. The number of anilines is 1. The van der Waals surface area contributed by atoms with Gasteiger partial charge >= 0.3 is 0 Å². The smallest absolute Gasteiger partial charge is 0.287 e. The number of aliphatic hydroxyl groups is 1. The minimum absolute atomic E-state index is 0.0234. The molecule has 2 aromatic rings. The Morgan fingerprint density at radius 3 is 2.48 bits per heavy atom. The van der Waals surface area contributed by atoms with Gasteiger partial charge < -0.3 is 10.0 Å². The Kier molecular flexibility index (Phi) is 3.47. The van der Waals surface area contributed by atoms with Gasteiger partial charge in [0.15, 0.2) is 0 Å². The second kappa shape index (κ2) is 5.34. The van der Waals surface area contributed by atoms with Crippen LogP contribution in [-0.4, -0.2) is 23.1 Å². The fourth-order valence-electron chi connectivity index (χ4n) is 2.68. The Morgan fingerprint density at radius 2 is 1.91 bits per heavy atom. The van der Waals surface area contributed by atoms with E-state index in [1.54, 1.807) is 17.0 Å². The summed E-state index contributed by atoms with van der Waals surface area (Å²) in [6, 6.07) is 11.7. The molecule has 6 nitrogen and oxygen atoms in total. The molecule has 7 heteroatoms. The van der Waals surface area contributed by atoms with Crippen LogP contribution >= 0.6 is 0 Å². The Bertz CT molecular complexity index is 808. The van der Waals surface area contributed by atoms with Crippen LogP contribution in [0.1, 0.15) is 11.1 Å². The highest BCUT2D eigenvalue weighted by Gasteiger charge is 2.43. The summed E-state index contributed by atoms with van der Waals surface area (Å²) in [5.41, 5.74) is -0.130. The molecule has 0 radical (unpaired) electrons. The minimum atomic E-state index is -1.09. The standard InChI is InChI=1S/C16H12FN3O3/c17-13-3-1-12(2-4-13)16(21)9-19(10-16)14-5-6-15(20(22)23)11(7-14)8-18/h1-7,21H,9-10H2. The molecule has 1 aliphatic heterocycles. The number of hydrogen-bond donors (Lipinski definition) is 1. The molecule has 0 saturated carbocycles. The van der Waals surface area contributed by atoms with Gasteiger partial charge in [0.2, 0.25) is 0 Å². The molecule has 0 aromatic heterocycles. The van der Waals surface area contributed by atoms with Crippen LogP contribution in [0.3, 0.4) is 0 Å². The number of hydrogen-bond acceptors (Lipinski definition) is 5. The molecule has 0 atom stereocenters. The number of nitro groups is 1. The first-order valence-corrected chi connectivity index (χ1v) is 6.85. The van der Waals surface area contributed by atoms with Crippen molar-refractivity contribution in [3.8, 4) is 6.07 Å². The minimum Gasteiger partial charge on any atom is -0.381 e. The zero-order valence-electron chi connectivity index (χ0n) is 11.9. The van der Waals surface area contributed by atoms with E-state index in [1.807, 2.05) is 0 Å². The van der Waals surface area contributed by atoms with E-state index < -0.39 is 10.5 Å². The van der Waals surface area contributed by atoms with E-state index in [4.69, 9.17) is 5.26 Å². The van der Waals surface area contributed by atoms with Gasteiger partial charge in [-0.2, -0.15) is 5.26 Å². The number of halogens is 1. The molecule has 1 heterocycles. The van der Waals surface area contributed by atoms with Crippen LogP contribution in [0, 0.1) is 27.3 Å². The molecule has 0 unspecified atom stereocenters. The maximum atomic E-state index is 12.9. The van der Waals surface area contributed by atoms with E-state index in [1.165, 1.54) is 36.4 Å². The van der Waals surface area contributed by atoms with Crippen LogP contribution in [0.5, 0.6) is 0 Å². The summed E-state index contributed by atoms with van der Waals surface area (Å²) in [5.74, 6) is -0.373. The van der Waals surface area contributed by atoms with Crippen LogP contribution in [-0.2, 0) is 5.60 Å². The second-order valence-corrected chi connectivity index (χ2v) is 5.46. The van der Waals surface area contributed by atoms with Gasteiger partial charge in [0.1, 0.15) is 23.1 Å². The summed E-state index contributed by atoms with van der Waals surface area (Å²) in [6.07, 6.45) is 0. The van der Waals surface area contributed by atoms with Crippen LogP contribution in [0.2, 0.25) is 0 Å². The van der Waals surface area contributed by atoms with Gasteiger partial charge in [-0.25, -0.2) is 4.39 Å². The SMILES string of the molecule is N#Cc1cc(N2CC(O)(c3ccc(F)cc3)C2)ccc1[N+](=O)[O-]. The lowest BCUT2D eigenvalue weighted by molar-refractivity contribution is -0.385. The van der Waals surface area contributed by atoms with Gasteiger partial charge in [0.25, 0.3) is 5.69 Å². The second-order valence-electron chi connectivity index (χ2n) is 5.46. The van der Waals surface area contributed by atoms with E-state index >= 15 is 0 Å². The summed E-state index contributed by atoms with van der Waals surface area (Å²) in [6.45, 7) is 0.530. The predicted octanol–water partition coefficient (Wildman–Crippen LogP) is 2.31. The lowest BCUT2D eigenvalue weighted by atomic mass is 9.85. The average molecular weight is 313 g/mol. The molecule has 1 fully saturated rings. The fourth-order valence-corrected chi connectivity index (χ4v) is 2.68. The van der Waals surface area contributed by atoms with E-state index in [2.05, 4.69) is 0 Å². The van der Waals surface area contributed by atoms with E-state index in [9.17, 15) is 19.6 Å².